The van der Waals surface area contributed by atoms with Gasteiger partial charge in [0.15, 0.2) is 11.5 Å². The molecular weight excluding hydrogens is 254 g/mol. The molecule has 0 radical (unpaired) electrons. The Balaban J connectivity index is 2.00. The quantitative estimate of drug-likeness (QED) is 0.838. The van der Waals surface area contributed by atoms with Crippen molar-refractivity contribution in [3.63, 3.8) is 0 Å². The Morgan fingerprint density at radius 2 is 2.05 bits per heavy atom. The van der Waals surface area contributed by atoms with Crippen LogP contribution in [0.15, 0.2) is 36.5 Å². The zero-order valence-corrected chi connectivity index (χ0v) is 11.8. The molecule has 0 fully saturated rings. The summed E-state index contributed by atoms with van der Waals surface area (Å²) in [4.78, 5) is 0. The Labute approximate surface area is 118 Å². The minimum atomic E-state index is 0.618. The second kappa shape index (κ2) is 7.45. The van der Waals surface area contributed by atoms with E-state index < -0.39 is 0 Å². The molecule has 0 bridgehead atoms. The fourth-order valence-corrected chi connectivity index (χ4v) is 1.95. The van der Waals surface area contributed by atoms with Gasteiger partial charge in [-0.1, -0.05) is 12.1 Å². The standard InChI is InChI=1S/C15H19N3O2/c1-3-20-14-8-4-6-12(15(14)19-2)10-16-11-13-7-5-9-17-18-13/h4-9,16H,3,10-11H2,1-2H3. The molecular formula is C15H19N3O2. The van der Waals surface area contributed by atoms with E-state index in [-0.39, 0.29) is 0 Å². The van der Waals surface area contributed by atoms with Gasteiger partial charge in [0.1, 0.15) is 0 Å². The number of rotatable bonds is 7. The van der Waals surface area contributed by atoms with Crippen LogP contribution in [0.3, 0.4) is 0 Å². The normalized spacial score (nSPS) is 10.3. The molecule has 0 spiro atoms. The summed E-state index contributed by atoms with van der Waals surface area (Å²) >= 11 is 0. The van der Waals surface area contributed by atoms with Crippen LogP contribution < -0.4 is 14.8 Å². The van der Waals surface area contributed by atoms with Crippen molar-refractivity contribution in [3.8, 4) is 11.5 Å². The van der Waals surface area contributed by atoms with Crippen LogP contribution in [-0.4, -0.2) is 23.9 Å². The van der Waals surface area contributed by atoms with Crippen LogP contribution in [-0.2, 0) is 13.1 Å². The number of nitrogens with zero attached hydrogens (tertiary/aromatic N) is 2. The summed E-state index contributed by atoms with van der Waals surface area (Å²) in [5.74, 6) is 1.55. The second-order valence-electron chi connectivity index (χ2n) is 4.20. The Morgan fingerprint density at radius 3 is 2.75 bits per heavy atom. The topological polar surface area (TPSA) is 56.3 Å². The van der Waals surface area contributed by atoms with Crippen LogP contribution in [0.1, 0.15) is 18.2 Å². The van der Waals surface area contributed by atoms with E-state index in [1.54, 1.807) is 13.3 Å². The van der Waals surface area contributed by atoms with E-state index in [9.17, 15) is 0 Å². The van der Waals surface area contributed by atoms with Crippen molar-refractivity contribution in [1.82, 2.24) is 15.5 Å². The van der Waals surface area contributed by atoms with Crippen LogP contribution in [0.25, 0.3) is 0 Å². The number of hydrogen-bond donors (Lipinski definition) is 1. The number of benzene rings is 1. The third-order valence-electron chi connectivity index (χ3n) is 2.81. The van der Waals surface area contributed by atoms with E-state index in [2.05, 4.69) is 15.5 Å². The van der Waals surface area contributed by atoms with Crippen molar-refractivity contribution < 1.29 is 9.47 Å². The van der Waals surface area contributed by atoms with Crippen molar-refractivity contribution in [2.45, 2.75) is 20.0 Å². The maximum absolute atomic E-state index is 5.56. The predicted molar refractivity (Wildman–Crippen MR) is 76.7 cm³/mol. The molecule has 0 aliphatic rings. The Hall–Kier alpha value is -2.14. The van der Waals surface area contributed by atoms with Crippen molar-refractivity contribution >= 4 is 0 Å². The molecule has 5 heteroatoms. The first-order valence-corrected chi connectivity index (χ1v) is 6.61. The average molecular weight is 273 g/mol. The highest BCUT2D eigenvalue weighted by molar-refractivity contribution is 5.46. The highest BCUT2D eigenvalue weighted by atomic mass is 16.5. The molecule has 106 valence electrons. The summed E-state index contributed by atoms with van der Waals surface area (Å²) in [6.45, 7) is 3.92. The molecule has 0 saturated carbocycles. The largest absolute Gasteiger partial charge is 0.493 e. The summed E-state index contributed by atoms with van der Waals surface area (Å²) in [6.07, 6.45) is 1.66. The Morgan fingerprint density at radius 1 is 1.15 bits per heavy atom. The molecule has 1 aromatic heterocycles. The molecule has 0 aliphatic carbocycles. The first-order chi connectivity index (χ1) is 9.85. The van der Waals surface area contributed by atoms with Crippen molar-refractivity contribution in [2.75, 3.05) is 13.7 Å². The molecule has 1 aromatic carbocycles. The van der Waals surface area contributed by atoms with Crippen molar-refractivity contribution in [2.24, 2.45) is 0 Å². The zero-order valence-electron chi connectivity index (χ0n) is 11.8. The molecule has 20 heavy (non-hydrogen) atoms. The summed E-state index contributed by atoms with van der Waals surface area (Å²) in [5, 5.41) is 11.2. The van der Waals surface area contributed by atoms with E-state index in [4.69, 9.17) is 9.47 Å². The minimum absolute atomic E-state index is 0.618. The summed E-state index contributed by atoms with van der Waals surface area (Å²) in [6, 6.07) is 9.71. The second-order valence-corrected chi connectivity index (χ2v) is 4.20. The lowest BCUT2D eigenvalue weighted by molar-refractivity contribution is 0.308. The lowest BCUT2D eigenvalue weighted by Gasteiger charge is -2.14. The highest BCUT2D eigenvalue weighted by Crippen LogP contribution is 2.30. The van der Waals surface area contributed by atoms with Gasteiger partial charge in [-0.25, -0.2) is 0 Å². The summed E-state index contributed by atoms with van der Waals surface area (Å²) in [7, 11) is 1.66. The number of aromatic nitrogens is 2. The zero-order chi connectivity index (χ0) is 14.2. The van der Waals surface area contributed by atoms with Gasteiger partial charge < -0.3 is 14.8 Å². The molecule has 0 aliphatic heterocycles. The van der Waals surface area contributed by atoms with Crippen molar-refractivity contribution in [1.29, 1.82) is 0 Å². The van der Waals surface area contributed by atoms with Gasteiger partial charge in [0.2, 0.25) is 0 Å². The lowest BCUT2D eigenvalue weighted by atomic mass is 10.2. The smallest absolute Gasteiger partial charge is 0.165 e. The third-order valence-corrected chi connectivity index (χ3v) is 2.81. The van der Waals surface area contributed by atoms with Gasteiger partial charge in [0.25, 0.3) is 0 Å². The molecule has 5 nitrogen and oxygen atoms in total. The maximum atomic E-state index is 5.56. The molecule has 0 atom stereocenters. The van der Waals surface area contributed by atoms with Gasteiger partial charge in [-0.3, -0.25) is 0 Å². The predicted octanol–water partition coefficient (Wildman–Crippen LogP) is 2.17. The third kappa shape index (κ3) is 3.68. The van der Waals surface area contributed by atoms with E-state index in [0.717, 1.165) is 22.8 Å². The van der Waals surface area contributed by atoms with Crippen LogP contribution in [0, 0.1) is 0 Å². The fourth-order valence-electron chi connectivity index (χ4n) is 1.95. The number of methoxy groups -OCH3 is 1. The molecule has 0 saturated heterocycles. The first kappa shape index (κ1) is 14.3. The molecule has 2 rings (SSSR count). The van der Waals surface area contributed by atoms with Gasteiger partial charge >= 0.3 is 0 Å². The number of ether oxygens (including phenoxy) is 2. The van der Waals surface area contributed by atoms with Gasteiger partial charge in [0.05, 0.1) is 19.4 Å². The van der Waals surface area contributed by atoms with Gasteiger partial charge in [-0.2, -0.15) is 10.2 Å². The highest BCUT2D eigenvalue weighted by Gasteiger charge is 2.09. The average Bonchev–Trinajstić information content (AvgIpc) is 2.49. The molecule has 0 unspecified atom stereocenters. The lowest BCUT2D eigenvalue weighted by Crippen LogP contribution is -2.14. The maximum Gasteiger partial charge on any atom is 0.165 e. The SMILES string of the molecule is CCOc1cccc(CNCc2cccnn2)c1OC. The Bertz CT molecular complexity index is 532. The van der Waals surface area contributed by atoms with Crippen molar-refractivity contribution in [3.05, 3.63) is 47.8 Å². The molecule has 0 amide bonds. The minimum Gasteiger partial charge on any atom is -0.493 e. The number of nitrogens with one attached hydrogen (secondary N) is 1. The number of para-hydroxylation sites is 1. The van der Waals surface area contributed by atoms with Gasteiger partial charge in [-0.05, 0) is 25.1 Å². The molecule has 2 aromatic rings. The monoisotopic (exact) mass is 273 g/mol. The van der Waals surface area contributed by atoms with Crippen LogP contribution in [0.4, 0.5) is 0 Å². The van der Waals surface area contributed by atoms with E-state index in [0.29, 0.717) is 19.7 Å². The summed E-state index contributed by atoms with van der Waals surface area (Å²) < 4.78 is 11.0. The first-order valence-electron chi connectivity index (χ1n) is 6.61. The fraction of sp³-hybridized carbons (Fsp3) is 0.333. The van der Waals surface area contributed by atoms with E-state index in [1.807, 2.05) is 37.3 Å². The van der Waals surface area contributed by atoms with Crippen LogP contribution >= 0.6 is 0 Å². The van der Waals surface area contributed by atoms with Crippen LogP contribution in [0.5, 0.6) is 11.5 Å². The Kier molecular flexibility index (Phi) is 5.32. The molecule has 1 N–H and O–H groups in total. The summed E-state index contributed by atoms with van der Waals surface area (Å²) in [5.41, 5.74) is 1.97. The number of hydrogen-bond acceptors (Lipinski definition) is 5. The van der Waals surface area contributed by atoms with Crippen LogP contribution in [0.2, 0.25) is 0 Å². The van der Waals surface area contributed by atoms with E-state index in [1.165, 1.54) is 0 Å². The van der Waals surface area contributed by atoms with Gasteiger partial charge in [-0.15, -0.1) is 0 Å². The van der Waals surface area contributed by atoms with Gasteiger partial charge in [0, 0.05) is 24.8 Å². The van der Waals surface area contributed by atoms with E-state index >= 15 is 0 Å². The molecule has 1 heterocycles.